The lowest BCUT2D eigenvalue weighted by molar-refractivity contribution is -0.145. The highest BCUT2D eigenvalue weighted by Gasteiger charge is 2.43. The molecule has 14 nitrogen and oxygen atoms in total. The highest BCUT2D eigenvalue weighted by atomic mass is 32.2. The second kappa shape index (κ2) is 17.3. The molecular weight excluding hydrogens is 795 g/mol. The van der Waals surface area contributed by atoms with Crippen molar-refractivity contribution < 1.29 is 41.7 Å². The summed E-state index contributed by atoms with van der Waals surface area (Å²) < 4.78 is 53.4. The number of aromatic nitrogens is 1. The van der Waals surface area contributed by atoms with Gasteiger partial charge < -0.3 is 29.6 Å². The number of amides is 2. The van der Waals surface area contributed by atoms with Crippen LogP contribution >= 0.6 is 11.3 Å². The molecule has 2 aliphatic rings. The van der Waals surface area contributed by atoms with E-state index in [9.17, 15) is 22.8 Å². The Bertz CT molecular complexity index is 2530. The van der Waals surface area contributed by atoms with Crippen molar-refractivity contribution in [3.8, 4) is 34.4 Å². The van der Waals surface area contributed by atoms with Crippen molar-refractivity contribution in [2.75, 3.05) is 25.6 Å². The summed E-state index contributed by atoms with van der Waals surface area (Å²) in [6.07, 6.45) is -0.430. The number of esters is 1. The van der Waals surface area contributed by atoms with Gasteiger partial charge in [-0.15, -0.1) is 0 Å². The van der Waals surface area contributed by atoms with Crippen LogP contribution in [0, 0.1) is 18.3 Å². The second-order valence-corrected chi connectivity index (χ2v) is 17.1. The Morgan fingerprint density at radius 3 is 2.32 bits per heavy atom. The average molecular weight is 836 g/mol. The van der Waals surface area contributed by atoms with Gasteiger partial charge in [-0.2, -0.15) is 9.57 Å². The molecule has 2 amide bonds. The highest BCUT2D eigenvalue weighted by molar-refractivity contribution is 7.91. The van der Waals surface area contributed by atoms with Gasteiger partial charge in [0.2, 0.25) is 11.8 Å². The van der Waals surface area contributed by atoms with Gasteiger partial charge in [0.25, 0.3) is 10.0 Å². The molecule has 0 radical (unpaired) electrons. The fraction of sp³-hybridized carbons (Fsp3) is 0.279. The van der Waals surface area contributed by atoms with Crippen LogP contribution in [0.1, 0.15) is 53.5 Å². The summed E-state index contributed by atoms with van der Waals surface area (Å²) in [5.41, 5.74) is 5.35. The maximum atomic E-state index is 14.6. The van der Waals surface area contributed by atoms with Crippen LogP contribution < -0.4 is 24.8 Å². The molecule has 0 fully saturated rings. The molecule has 16 heteroatoms. The molecule has 0 spiro atoms. The minimum atomic E-state index is -4.43. The summed E-state index contributed by atoms with van der Waals surface area (Å²) in [5.74, 6) is -0.224. The molecule has 1 unspecified atom stereocenters. The standard InChI is InChI=1S/C43H41N5O9S2/c1-5-55-34-16-14-31(15-17-34)39-24-56-37-20-32-19-36(48(23-33(32)21-38(37)57-39)59(52,53)42-25(2)45-43(58-42)46-26(3)49)40(50)47-35(41(51)54-4)18-27-6-10-29(11-7-27)30-12-8-28(22-44)9-13-30/h6-17,20-21,35-36,39H,5,18-19,23-24H2,1-4H3,(H,47,50)(H,45,46,49)/t35?,36-,39+/m0/s1. The van der Waals surface area contributed by atoms with Crippen LogP contribution in [-0.2, 0) is 48.5 Å². The van der Waals surface area contributed by atoms with Crippen molar-refractivity contribution in [1.29, 1.82) is 5.26 Å². The molecule has 0 bridgehead atoms. The number of benzene rings is 4. The van der Waals surface area contributed by atoms with E-state index in [2.05, 4.69) is 21.7 Å². The zero-order valence-corrected chi connectivity index (χ0v) is 34.3. The summed E-state index contributed by atoms with van der Waals surface area (Å²) in [4.78, 5) is 43.7. The fourth-order valence-corrected chi connectivity index (χ4v) is 10.2. The molecule has 3 heterocycles. The number of ether oxygens (including phenoxy) is 4. The zero-order valence-electron chi connectivity index (χ0n) is 32.7. The number of anilines is 1. The molecule has 59 heavy (non-hydrogen) atoms. The normalized spacial score (nSPS) is 16.5. The van der Waals surface area contributed by atoms with E-state index in [0.717, 1.165) is 43.6 Å². The lowest BCUT2D eigenvalue weighted by Crippen LogP contribution is -2.56. The van der Waals surface area contributed by atoms with Gasteiger partial charge in [-0.1, -0.05) is 59.9 Å². The fourth-order valence-electron chi connectivity index (χ4n) is 7.05. The van der Waals surface area contributed by atoms with Crippen molar-refractivity contribution in [1.82, 2.24) is 14.6 Å². The Morgan fingerprint density at radius 2 is 1.68 bits per heavy atom. The zero-order chi connectivity index (χ0) is 41.8. The summed E-state index contributed by atoms with van der Waals surface area (Å²) >= 11 is 0.787. The van der Waals surface area contributed by atoms with Crippen molar-refractivity contribution in [2.24, 2.45) is 0 Å². The molecule has 5 aromatic rings. The SMILES string of the molecule is CCOc1ccc([C@H]2COc3cc4c(cc3O2)CN(S(=O)(=O)c2sc(NC(C)=O)nc2C)[C@H](C(=O)NC(Cc2ccc(-c3ccc(C#N)cc3)cc2)C(=O)OC)C4)cc1. The number of nitrogens with zero attached hydrogens (tertiary/aromatic N) is 3. The monoisotopic (exact) mass is 835 g/mol. The van der Waals surface area contributed by atoms with Gasteiger partial charge in [-0.25, -0.2) is 18.2 Å². The number of sulfonamides is 1. The molecular formula is C43H41N5O9S2. The van der Waals surface area contributed by atoms with Crippen molar-refractivity contribution >= 4 is 44.3 Å². The summed E-state index contributed by atoms with van der Waals surface area (Å²) in [7, 11) is -3.21. The number of hydrogen-bond acceptors (Lipinski definition) is 12. The van der Waals surface area contributed by atoms with E-state index in [1.165, 1.54) is 21.0 Å². The van der Waals surface area contributed by atoms with Crippen LogP contribution in [0.15, 0.2) is 89.1 Å². The predicted octanol–water partition coefficient (Wildman–Crippen LogP) is 5.88. The molecule has 0 saturated heterocycles. The number of thiazole rings is 1. The van der Waals surface area contributed by atoms with Crippen LogP contribution in [0.2, 0.25) is 0 Å². The summed E-state index contributed by atoms with van der Waals surface area (Å²) in [6, 6.07) is 25.2. The van der Waals surface area contributed by atoms with E-state index >= 15 is 0 Å². The molecule has 0 saturated carbocycles. The van der Waals surface area contributed by atoms with Gasteiger partial charge >= 0.3 is 5.97 Å². The third-order valence-electron chi connectivity index (χ3n) is 10.0. The van der Waals surface area contributed by atoms with Gasteiger partial charge in [0.1, 0.15) is 24.4 Å². The topological polar surface area (TPSA) is 186 Å². The number of nitrogens with one attached hydrogen (secondary N) is 2. The van der Waals surface area contributed by atoms with E-state index in [1.807, 2.05) is 67.6 Å². The highest BCUT2D eigenvalue weighted by Crippen LogP contribution is 2.42. The third kappa shape index (κ3) is 8.92. The quantitative estimate of drug-likeness (QED) is 0.143. The van der Waals surface area contributed by atoms with Crippen molar-refractivity contribution in [3.05, 3.63) is 118 Å². The minimum Gasteiger partial charge on any atom is -0.494 e. The Morgan fingerprint density at radius 1 is 1.00 bits per heavy atom. The molecule has 7 rings (SSSR count). The van der Waals surface area contributed by atoms with Crippen LogP contribution in [-0.4, -0.2) is 67.9 Å². The van der Waals surface area contributed by atoms with E-state index < -0.39 is 46.0 Å². The molecule has 2 aliphatic heterocycles. The first-order valence-electron chi connectivity index (χ1n) is 18.8. The maximum Gasteiger partial charge on any atom is 0.328 e. The number of nitriles is 1. The molecule has 0 aliphatic carbocycles. The lowest BCUT2D eigenvalue weighted by atomic mass is 9.93. The number of carbonyl (C=O) groups excluding carboxylic acids is 3. The molecule has 304 valence electrons. The van der Waals surface area contributed by atoms with E-state index in [-0.39, 0.29) is 41.0 Å². The summed E-state index contributed by atoms with van der Waals surface area (Å²) in [6.45, 7) is 5.27. The lowest BCUT2D eigenvalue weighted by Gasteiger charge is -2.36. The number of hydrogen-bond donors (Lipinski definition) is 2. The van der Waals surface area contributed by atoms with Gasteiger partial charge in [-0.05, 0) is 90.0 Å². The van der Waals surface area contributed by atoms with Gasteiger partial charge in [-0.3, -0.25) is 9.59 Å². The second-order valence-electron chi connectivity index (χ2n) is 14.0. The van der Waals surface area contributed by atoms with Gasteiger partial charge in [0.05, 0.1) is 31.0 Å². The predicted molar refractivity (Wildman–Crippen MR) is 219 cm³/mol. The summed E-state index contributed by atoms with van der Waals surface area (Å²) in [5, 5.41) is 14.6. The van der Waals surface area contributed by atoms with Gasteiger partial charge in [0, 0.05) is 19.9 Å². The molecule has 2 N–H and O–H groups in total. The maximum absolute atomic E-state index is 14.6. The number of carbonyl (C=O) groups is 3. The van der Waals surface area contributed by atoms with E-state index in [1.54, 1.807) is 24.3 Å². The Labute approximate surface area is 345 Å². The Hall–Kier alpha value is -6.28. The molecule has 1 aromatic heterocycles. The minimum absolute atomic E-state index is 0.0526. The van der Waals surface area contributed by atoms with Crippen molar-refractivity contribution in [2.45, 2.75) is 62.6 Å². The third-order valence-corrected chi connectivity index (χ3v) is 13.5. The smallest absolute Gasteiger partial charge is 0.328 e. The first kappa shape index (κ1) is 40.9. The molecule has 3 atom stereocenters. The van der Waals surface area contributed by atoms with Crippen LogP contribution in [0.5, 0.6) is 17.2 Å². The van der Waals surface area contributed by atoms with E-state index in [0.29, 0.717) is 34.8 Å². The number of fused-ring (bicyclic) bond motifs is 2. The van der Waals surface area contributed by atoms with Crippen molar-refractivity contribution in [3.63, 3.8) is 0 Å². The number of aryl methyl sites for hydroxylation is 1. The molecule has 4 aromatic carbocycles. The van der Waals surface area contributed by atoms with Crippen LogP contribution in [0.25, 0.3) is 11.1 Å². The first-order chi connectivity index (χ1) is 28.4. The largest absolute Gasteiger partial charge is 0.494 e. The Balaban J connectivity index is 1.18. The number of methoxy groups -OCH3 is 1. The van der Waals surface area contributed by atoms with Crippen LogP contribution in [0.4, 0.5) is 5.13 Å². The van der Waals surface area contributed by atoms with Crippen LogP contribution in [0.3, 0.4) is 0 Å². The van der Waals surface area contributed by atoms with Gasteiger partial charge in [0.15, 0.2) is 26.9 Å². The average Bonchev–Trinajstić information content (AvgIpc) is 3.61. The number of rotatable bonds is 12. The van der Waals surface area contributed by atoms with E-state index in [4.69, 9.17) is 24.2 Å². The Kier molecular flexibility index (Phi) is 12.0. The first-order valence-corrected chi connectivity index (χ1v) is 21.0.